The summed E-state index contributed by atoms with van der Waals surface area (Å²) in [6, 6.07) is 14.9. The number of hydrogen-bond donors (Lipinski definition) is 1. The van der Waals surface area contributed by atoms with E-state index in [1.165, 1.54) is 13.0 Å². The van der Waals surface area contributed by atoms with Crippen molar-refractivity contribution in [3.05, 3.63) is 77.1 Å². The number of aliphatic hydroxyl groups is 1. The molecule has 0 bridgehead atoms. The monoisotopic (exact) mass is 396 g/mol. The highest BCUT2D eigenvalue weighted by atomic mass is 16.5. The van der Waals surface area contributed by atoms with Gasteiger partial charge in [-0.1, -0.05) is 42.5 Å². The molecule has 6 nitrogen and oxygen atoms in total. The number of hydrogen-bond acceptors (Lipinski definition) is 6. The molecule has 0 aromatic heterocycles. The number of esters is 1. The first-order valence-corrected chi connectivity index (χ1v) is 9.10. The number of ketones is 1. The lowest BCUT2D eigenvalue weighted by molar-refractivity contribution is -0.140. The number of aliphatic hydroxyl groups excluding tert-OH is 1. The van der Waals surface area contributed by atoms with Crippen LogP contribution in [0.4, 0.5) is 0 Å². The highest BCUT2D eigenvalue weighted by Crippen LogP contribution is 2.29. The normalized spacial score (nSPS) is 11.7. The molecule has 0 fully saturated rings. The second kappa shape index (κ2) is 10.7. The molecule has 0 saturated heterocycles. The van der Waals surface area contributed by atoms with Crippen LogP contribution in [0.1, 0.15) is 25.0 Å². The number of Topliss-reactive ketones (excluding diaryl/α,β-unsaturated/α-hetero) is 1. The highest BCUT2D eigenvalue weighted by Gasteiger charge is 2.20. The molecular weight excluding hydrogens is 372 g/mol. The van der Waals surface area contributed by atoms with Gasteiger partial charge in [0.1, 0.15) is 17.9 Å². The van der Waals surface area contributed by atoms with Crippen molar-refractivity contribution in [2.45, 2.75) is 20.5 Å². The second-order valence-electron chi connectivity index (χ2n) is 6.05. The van der Waals surface area contributed by atoms with E-state index < -0.39 is 23.1 Å². The van der Waals surface area contributed by atoms with E-state index in [0.717, 1.165) is 5.56 Å². The number of methoxy groups -OCH3 is 1. The number of ether oxygens (including phenoxy) is 3. The topological polar surface area (TPSA) is 82.1 Å². The van der Waals surface area contributed by atoms with Crippen molar-refractivity contribution in [1.82, 2.24) is 0 Å². The number of rotatable bonds is 9. The van der Waals surface area contributed by atoms with Crippen molar-refractivity contribution in [1.29, 1.82) is 0 Å². The Bertz CT molecular complexity index is 912. The first-order valence-electron chi connectivity index (χ1n) is 9.10. The average molecular weight is 396 g/mol. The van der Waals surface area contributed by atoms with E-state index in [2.05, 4.69) is 0 Å². The standard InChI is InChI=1S/C23H24O6/c1-4-28-23(26)22(16(2)24)19(25)12-10-17-11-13-20(27-3)21(14-17)29-15-18-8-6-5-7-9-18/h5-14,25H,4,15H2,1-3H3. The van der Waals surface area contributed by atoms with Gasteiger partial charge in [-0.25, -0.2) is 4.79 Å². The van der Waals surface area contributed by atoms with Gasteiger partial charge < -0.3 is 19.3 Å². The SMILES string of the molecule is CCOC(=O)C(C(C)=O)=C(O)C=Cc1ccc(OC)c(OCc2ccccc2)c1. The van der Waals surface area contributed by atoms with Gasteiger partial charge in [-0.2, -0.15) is 0 Å². The zero-order valence-corrected chi connectivity index (χ0v) is 16.7. The third-order valence-electron chi connectivity index (χ3n) is 3.95. The van der Waals surface area contributed by atoms with Gasteiger partial charge in [-0.3, -0.25) is 4.79 Å². The second-order valence-corrected chi connectivity index (χ2v) is 6.05. The molecule has 0 aliphatic carbocycles. The lowest BCUT2D eigenvalue weighted by Crippen LogP contribution is -2.15. The third kappa shape index (κ3) is 6.24. The number of allylic oxidation sites excluding steroid dienone is 1. The fourth-order valence-corrected chi connectivity index (χ4v) is 2.54. The van der Waals surface area contributed by atoms with Crippen LogP contribution in [-0.4, -0.2) is 30.6 Å². The van der Waals surface area contributed by atoms with Gasteiger partial charge in [0.25, 0.3) is 0 Å². The van der Waals surface area contributed by atoms with Crippen LogP contribution in [0.5, 0.6) is 11.5 Å². The fraction of sp³-hybridized carbons (Fsp3) is 0.217. The summed E-state index contributed by atoms with van der Waals surface area (Å²) in [4.78, 5) is 23.5. The Morgan fingerprint density at radius 3 is 2.41 bits per heavy atom. The Morgan fingerprint density at radius 2 is 1.79 bits per heavy atom. The van der Waals surface area contributed by atoms with Crippen LogP contribution in [0.25, 0.3) is 6.08 Å². The molecule has 0 heterocycles. The van der Waals surface area contributed by atoms with Crippen molar-refractivity contribution in [2.24, 2.45) is 0 Å². The molecule has 0 unspecified atom stereocenters. The summed E-state index contributed by atoms with van der Waals surface area (Å²) in [6.07, 6.45) is 2.84. The minimum atomic E-state index is -0.858. The summed E-state index contributed by atoms with van der Waals surface area (Å²) in [6.45, 7) is 3.29. The molecule has 0 saturated carbocycles. The van der Waals surface area contributed by atoms with E-state index in [1.807, 2.05) is 30.3 Å². The van der Waals surface area contributed by atoms with Gasteiger partial charge in [0.05, 0.1) is 13.7 Å². The summed E-state index contributed by atoms with van der Waals surface area (Å²) >= 11 is 0. The maximum absolute atomic E-state index is 11.9. The van der Waals surface area contributed by atoms with Crippen molar-refractivity contribution < 1.29 is 28.9 Å². The van der Waals surface area contributed by atoms with Crippen LogP contribution in [-0.2, 0) is 20.9 Å². The van der Waals surface area contributed by atoms with E-state index in [-0.39, 0.29) is 6.61 Å². The Morgan fingerprint density at radius 1 is 1.07 bits per heavy atom. The van der Waals surface area contributed by atoms with Gasteiger partial charge >= 0.3 is 5.97 Å². The molecule has 0 amide bonds. The van der Waals surface area contributed by atoms with Crippen molar-refractivity contribution in [3.8, 4) is 11.5 Å². The summed E-state index contributed by atoms with van der Waals surface area (Å²) in [5.41, 5.74) is 1.31. The summed E-state index contributed by atoms with van der Waals surface area (Å²) in [5.74, 6) is -0.803. The van der Waals surface area contributed by atoms with Gasteiger partial charge in [0, 0.05) is 0 Å². The number of carbonyl (C=O) groups is 2. The van der Waals surface area contributed by atoms with Crippen LogP contribution in [0.15, 0.2) is 65.9 Å². The maximum atomic E-state index is 11.9. The molecule has 2 aromatic carbocycles. The zero-order chi connectivity index (χ0) is 21.2. The minimum absolute atomic E-state index is 0.104. The van der Waals surface area contributed by atoms with Crippen molar-refractivity contribution in [3.63, 3.8) is 0 Å². The Kier molecular flexibility index (Phi) is 8.03. The van der Waals surface area contributed by atoms with Gasteiger partial charge in [0.2, 0.25) is 0 Å². The van der Waals surface area contributed by atoms with Crippen molar-refractivity contribution in [2.75, 3.05) is 13.7 Å². The largest absolute Gasteiger partial charge is 0.507 e. The van der Waals surface area contributed by atoms with Gasteiger partial charge in [-0.15, -0.1) is 0 Å². The average Bonchev–Trinajstić information content (AvgIpc) is 2.71. The zero-order valence-electron chi connectivity index (χ0n) is 16.7. The molecule has 0 atom stereocenters. The molecule has 6 heteroatoms. The van der Waals surface area contributed by atoms with Crippen LogP contribution in [0, 0.1) is 0 Å². The van der Waals surface area contributed by atoms with E-state index in [0.29, 0.717) is 23.7 Å². The van der Waals surface area contributed by atoms with E-state index in [4.69, 9.17) is 14.2 Å². The van der Waals surface area contributed by atoms with Crippen LogP contribution in [0.3, 0.4) is 0 Å². The lowest BCUT2D eigenvalue weighted by Gasteiger charge is -2.11. The van der Waals surface area contributed by atoms with Gasteiger partial charge in [-0.05, 0) is 43.2 Å². The highest BCUT2D eigenvalue weighted by molar-refractivity contribution is 6.17. The fourth-order valence-electron chi connectivity index (χ4n) is 2.54. The molecular formula is C23H24O6. The Labute approximate surface area is 170 Å². The molecule has 0 aliphatic heterocycles. The van der Waals surface area contributed by atoms with Gasteiger partial charge in [0.15, 0.2) is 17.3 Å². The number of benzene rings is 2. The molecule has 0 aliphatic rings. The predicted molar refractivity (Wildman–Crippen MR) is 110 cm³/mol. The summed E-state index contributed by atoms with van der Waals surface area (Å²) in [7, 11) is 1.55. The maximum Gasteiger partial charge on any atom is 0.345 e. The van der Waals surface area contributed by atoms with E-state index >= 15 is 0 Å². The summed E-state index contributed by atoms with van der Waals surface area (Å²) in [5, 5.41) is 10.2. The molecule has 0 spiro atoms. The Hall–Kier alpha value is -3.54. The number of carbonyl (C=O) groups excluding carboxylic acids is 2. The van der Waals surface area contributed by atoms with E-state index in [1.54, 1.807) is 38.3 Å². The first-order chi connectivity index (χ1) is 14.0. The van der Waals surface area contributed by atoms with Crippen LogP contribution < -0.4 is 9.47 Å². The molecule has 152 valence electrons. The molecule has 0 radical (unpaired) electrons. The van der Waals surface area contributed by atoms with E-state index in [9.17, 15) is 14.7 Å². The Balaban J connectivity index is 2.24. The smallest absolute Gasteiger partial charge is 0.345 e. The molecule has 29 heavy (non-hydrogen) atoms. The minimum Gasteiger partial charge on any atom is -0.507 e. The third-order valence-corrected chi connectivity index (χ3v) is 3.95. The van der Waals surface area contributed by atoms with Crippen molar-refractivity contribution >= 4 is 17.8 Å². The quantitative estimate of drug-likeness (QED) is 0.170. The lowest BCUT2D eigenvalue weighted by atomic mass is 10.1. The van der Waals surface area contributed by atoms with Crippen LogP contribution >= 0.6 is 0 Å². The molecule has 2 aromatic rings. The molecule has 2 rings (SSSR count). The molecule has 1 N–H and O–H groups in total. The first kappa shape index (κ1) is 21.8. The predicted octanol–water partition coefficient (Wildman–Crippen LogP) is 4.25. The van der Waals surface area contributed by atoms with Crippen LogP contribution in [0.2, 0.25) is 0 Å². The summed E-state index contributed by atoms with van der Waals surface area (Å²) < 4.78 is 16.0.